The molecular weight excluding hydrogens is 146 g/mol. The SMILES string of the molecule is Cc1[c]cccc1N1CCCC1. The van der Waals surface area contributed by atoms with Gasteiger partial charge in [-0.05, 0) is 37.5 Å². The predicted molar refractivity (Wildman–Crippen MR) is 51.5 cm³/mol. The molecular formula is C11H14N. The molecule has 1 aliphatic rings. The first-order valence-corrected chi connectivity index (χ1v) is 4.60. The molecule has 0 amide bonds. The third kappa shape index (κ3) is 1.31. The van der Waals surface area contributed by atoms with E-state index in [-0.39, 0.29) is 0 Å². The molecule has 0 aromatic heterocycles. The smallest absolute Gasteiger partial charge is 0.0402 e. The summed E-state index contributed by atoms with van der Waals surface area (Å²) >= 11 is 0. The van der Waals surface area contributed by atoms with Crippen molar-refractivity contribution in [2.24, 2.45) is 0 Å². The van der Waals surface area contributed by atoms with Crippen molar-refractivity contribution in [3.8, 4) is 0 Å². The third-order valence-electron chi connectivity index (χ3n) is 2.48. The first-order chi connectivity index (χ1) is 5.88. The Labute approximate surface area is 74.0 Å². The van der Waals surface area contributed by atoms with Crippen LogP contribution in [-0.2, 0) is 0 Å². The Morgan fingerprint density at radius 3 is 2.75 bits per heavy atom. The van der Waals surface area contributed by atoms with Gasteiger partial charge in [0, 0.05) is 18.8 Å². The largest absolute Gasteiger partial charge is 0.371 e. The van der Waals surface area contributed by atoms with Crippen LogP contribution in [0.4, 0.5) is 5.69 Å². The summed E-state index contributed by atoms with van der Waals surface area (Å²) in [6.45, 7) is 4.57. The zero-order valence-electron chi connectivity index (χ0n) is 7.51. The first kappa shape index (κ1) is 7.66. The van der Waals surface area contributed by atoms with Crippen LogP contribution in [0.1, 0.15) is 18.4 Å². The molecule has 0 unspecified atom stereocenters. The third-order valence-corrected chi connectivity index (χ3v) is 2.48. The van der Waals surface area contributed by atoms with Crippen LogP contribution in [0.25, 0.3) is 0 Å². The van der Waals surface area contributed by atoms with E-state index in [1.165, 1.54) is 37.2 Å². The number of anilines is 1. The van der Waals surface area contributed by atoms with Crippen molar-refractivity contribution in [3.05, 3.63) is 29.8 Å². The van der Waals surface area contributed by atoms with Gasteiger partial charge in [0.25, 0.3) is 0 Å². The van der Waals surface area contributed by atoms with Crippen molar-refractivity contribution < 1.29 is 0 Å². The molecule has 1 fully saturated rings. The Morgan fingerprint density at radius 1 is 1.33 bits per heavy atom. The highest BCUT2D eigenvalue weighted by molar-refractivity contribution is 5.52. The summed E-state index contributed by atoms with van der Waals surface area (Å²) in [6.07, 6.45) is 2.68. The van der Waals surface area contributed by atoms with Crippen LogP contribution in [0, 0.1) is 13.0 Å². The second-order valence-corrected chi connectivity index (χ2v) is 3.37. The van der Waals surface area contributed by atoms with Gasteiger partial charge in [0.2, 0.25) is 0 Å². The highest BCUT2D eigenvalue weighted by Gasteiger charge is 2.12. The van der Waals surface area contributed by atoms with E-state index in [0.717, 1.165) is 0 Å². The number of rotatable bonds is 1. The molecule has 1 saturated heterocycles. The van der Waals surface area contributed by atoms with Crippen LogP contribution in [0.2, 0.25) is 0 Å². The molecule has 2 rings (SSSR count). The van der Waals surface area contributed by atoms with Crippen molar-refractivity contribution in [2.45, 2.75) is 19.8 Å². The Balaban J connectivity index is 2.26. The Morgan fingerprint density at radius 2 is 2.08 bits per heavy atom. The lowest BCUT2D eigenvalue weighted by Gasteiger charge is -2.19. The summed E-state index contributed by atoms with van der Waals surface area (Å²) in [4.78, 5) is 2.45. The van der Waals surface area contributed by atoms with Crippen molar-refractivity contribution >= 4 is 5.69 Å². The Bertz CT molecular complexity index is 261. The van der Waals surface area contributed by atoms with Gasteiger partial charge in [0.05, 0.1) is 0 Å². The van der Waals surface area contributed by atoms with Crippen LogP contribution in [0.15, 0.2) is 18.2 Å². The van der Waals surface area contributed by atoms with Crippen molar-refractivity contribution in [2.75, 3.05) is 18.0 Å². The van der Waals surface area contributed by atoms with E-state index in [4.69, 9.17) is 0 Å². The molecule has 1 heteroatoms. The minimum atomic E-state index is 1.22. The monoisotopic (exact) mass is 160 g/mol. The lowest BCUT2D eigenvalue weighted by atomic mass is 10.2. The maximum Gasteiger partial charge on any atom is 0.0402 e. The molecule has 1 aromatic rings. The average molecular weight is 160 g/mol. The zero-order valence-corrected chi connectivity index (χ0v) is 7.51. The molecule has 0 spiro atoms. The van der Waals surface area contributed by atoms with E-state index in [1.807, 2.05) is 6.07 Å². The minimum Gasteiger partial charge on any atom is -0.371 e. The van der Waals surface area contributed by atoms with Crippen molar-refractivity contribution in [3.63, 3.8) is 0 Å². The highest BCUT2D eigenvalue weighted by atomic mass is 15.1. The van der Waals surface area contributed by atoms with E-state index < -0.39 is 0 Å². The summed E-state index contributed by atoms with van der Waals surface area (Å²) in [6, 6.07) is 9.48. The quantitative estimate of drug-likeness (QED) is 0.609. The number of hydrogen-bond acceptors (Lipinski definition) is 1. The van der Waals surface area contributed by atoms with Gasteiger partial charge in [-0.3, -0.25) is 0 Å². The topological polar surface area (TPSA) is 3.24 Å². The fourth-order valence-corrected chi connectivity index (χ4v) is 1.81. The van der Waals surface area contributed by atoms with Crippen molar-refractivity contribution in [1.29, 1.82) is 0 Å². The summed E-state index contributed by atoms with van der Waals surface area (Å²) < 4.78 is 0. The van der Waals surface area contributed by atoms with Crippen LogP contribution in [0.3, 0.4) is 0 Å². The molecule has 0 bridgehead atoms. The van der Waals surface area contributed by atoms with Crippen LogP contribution < -0.4 is 4.90 Å². The summed E-state index contributed by atoms with van der Waals surface area (Å²) in [5.41, 5.74) is 2.65. The Hall–Kier alpha value is -0.980. The van der Waals surface area contributed by atoms with Gasteiger partial charge in [0.1, 0.15) is 0 Å². The fraction of sp³-hybridized carbons (Fsp3) is 0.455. The molecule has 1 nitrogen and oxygen atoms in total. The number of hydrogen-bond donors (Lipinski definition) is 0. The molecule has 0 atom stereocenters. The summed E-state index contributed by atoms with van der Waals surface area (Å²) in [7, 11) is 0. The summed E-state index contributed by atoms with van der Waals surface area (Å²) in [5, 5.41) is 0. The van der Waals surface area contributed by atoms with E-state index in [9.17, 15) is 0 Å². The predicted octanol–water partition coefficient (Wildman–Crippen LogP) is 2.40. The highest BCUT2D eigenvalue weighted by Crippen LogP contribution is 2.22. The van der Waals surface area contributed by atoms with Crippen molar-refractivity contribution in [1.82, 2.24) is 0 Å². The molecule has 0 aliphatic carbocycles. The van der Waals surface area contributed by atoms with E-state index in [2.05, 4.69) is 30.0 Å². The molecule has 1 radical (unpaired) electrons. The second kappa shape index (κ2) is 3.18. The van der Waals surface area contributed by atoms with E-state index in [1.54, 1.807) is 0 Å². The molecule has 1 aromatic carbocycles. The number of benzene rings is 1. The fourth-order valence-electron chi connectivity index (χ4n) is 1.81. The first-order valence-electron chi connectivity index (χ1n) is 4.60. The molecule has 63 valence electrons. The number of nitrogens with zero attached hydrogens (tertiary/aromatic N) is 1. The van der Waals surface area contributed by atoms with Gasteiger partial charge in [-0.1, -0.05) is 12.1 Å². The molecule has 0 saturated carbocycles. The second-order valence-electron chi connectivity index (χ2n) is 3.37. The maximum atomic E-state index is 3.24. The van der Waals surface area contributed by atoms with Gasteiger partial charge in [-0.2, -0.15) is 0 Å². The summed E-state index contributed by atoms with van der Waals surface area (Å²) in [5.74, 6) is 0. The van der Waals surface area contributed by atoms with Gasteiger partial charge < -0.3 is 4.90 Å². The maximum absolute atomic E-state index is 3.24. The zero-order chi connectivity index (χ0) is 8.39. The van der Waals surface area contributed by atoms with Crippen LogP contribution >= 0.6 is 0 Å². The minimum absolute atomic E-state index is 1.22. The van der Waals surface area contributed by atoms with Gasteiger partial charge in [0.15, 0.2) is 0 Å². The van der Waals surface area contributed by atoms with Crippen LogP contribution in [0.5, 0.6) is 0 Å². The Kier molecular flexibility index (Phi) is 2.03. The molecule has 0 N–H and O–H groups in total. The van der Waals surface area contributed by atoms with Crippen LogP contribution in [-0.4, -0.2) is 13.1 Å². The lowest BCUT2D eigenvalue weighted by Crippen LogP contribution is -2.18. The normalized spacial score (nSPS) is 16.9. The number of aryl methyl sites for hydroxylation is 1. The lowest BCUT2D eigenvalue weighted by molar-refractivity contribution is 0.949. The molecule has 12 heavy (non-hydrogen) atoms. The molecule has 1 heterocycles. The van der Waals surface area contributed by atoms with Gasteiger partial charge in [-0.15, -0.1) is 0 Å². The average Bonchev–Trinajstić information content (AvgIpc) is 2.57. The standard InChI is InChI=1S/C11H14N/c1-10-6-2-3-7-11(10)12-8-4-5-9-12/h2-3,7H,4-5,8-9H2,1H3. The molecule has 1 aliphatic heterocycles. The van der Waals surface area contributed by atoms with E-state index in [0.29, 0.717) is 0 Å². The van der Waals surface area contributed by atoms with Gasteiger partial charge in [-0.25, -0.2) is 0 Å². The van der Waals surface area contributed by atoms with Gasteiger partial charge >= 0.3 is 0 Å². The van der Waals surface area contributed by atoms with E-state index >= 15 is 0 Å².